The highest BCUT2D eigenvalue weighted by atomic mass is 32.1. The molecule has 28 heavy (non-hydrogen) atoms. The third-order valence-corrected chi connectivity index (χ3v) is 6.35. The molecule has 2 aromatic heterocycles. The lowest BCUT2D eigenvalue weighted by Crippen LogP contribution is -2.24. The van der Waals surface area contributed by atoms with Gasteiger partial charge in [-0.2, -0.15) is 0 Å². The Hall–Kier alpha value is -2.67. The summed E-state index contributed by atoms with van der Waals surface area (Å²) >= 11 is 1.64. The van der Waals surface area contributed by atoms with Crippen LogP contribution in [0.3, 0.4) is 0 Å². The molecule has 0 saturated heterocycles. The number of methoxy groups -OCH3 is 1. The molecule has 4 rings (SSSR count). The number of rotatable bonds is 5. The number of nitrogens with one attached hydrogen (secondary N) is 1. The monoisotopic (exact) mass is 397 g/mol. The average Bonchev–Trinajstić information content (AvgIpc) is 3.07. The Morgan fingerprint density at radius 2 is 2.14 bits per heavy atom. The molecule has 2 heterocycles. The van der Waals surface area contributed by atoms with Crippen molar-refractivity contribution in [3.63, 3.8) is 0 Å². The minimum Gasteiger partial charge on any atom is -0.495 e. The summed E-state index contributed by atoms with van der Waals surface area (Å²) in [7, 11) is 1.57. The Labute approximate surface area is 167 Å². The molecule has 0 atom stereocenters. The van der Waals surface area contributed by atoms with Crippen LogP contribution < -0.4 is 15.6 Å². The number of ether oxygens (including phenoxy) is 1. The van der Waals surface area contributed by atoms with Crippen molar-refractivity contribution in [1.82, 2.24) is 9.55 Å². The van der Waals surface area contributed by atoms with E-state index in [1.54, 1.807) is 29.3 Å². The number of aromatic nitrogens is 2. The van der Waals surface area contributed by atoms with Crippen molar-refractivity contribution in [2.45, 2.75) is 45.6 Å². The van der Waals surface area contributed by atoms with Gasteiger partial charge in [0.25, 0.3) is 5.56 Å². The number of benzene rings is 1. The predicted octanol–water partition coefficient (Wildman–Crippen LogP) is 3.68. The van der Waals surface area contributed by atoms with Gasteiger partial charge in [0.05, 0.1) is 24.5 Å². The van der Waals surface area contributed by atoms with E-state index in [0.717, 1.165) is 35.0 Å². The maximum atomic E-state index is 13.0. The zero-order valence-electron chi connectivity index (χ0n) is 16.1. The lowest BCUT2D eigenvalue weighted by molar-refractivity contribution is -0.116. The van der Waals surface area contributed by atoms with Gasteiger partial charge in [-0.15, -0.1) is 11.3 Å². The first-order valence-corrected chi connectivity index (χ1v) is 10.3. The lowest BCUT2D eigenvalue weighted by atomic mass is 9.97. The number of thiophene rings is 1. The van der Waals surface area contributed by atoms with Gasteiger partial charge in [0.2, 0.25) is 5.91 Å². The van der Waals surface area contributed by atoms with Crippen LogP contribution in [0.25, 0.3) is 10.2 Å². The van der Waals surface area contributed by atoms with Crippen LogP contribution in [0.4, 0.5) is 5.69 Å². The Morgan fingerprint density at radius 3 is 2.96 bits per heavy atom. The van der Waals surface area contributed by atoms with Gasteiger partial charge in [0.1, 0.15) is 10.6 Å². The van der Waals surface area contributed by atoms with E-state index in [0.29, 0.717) is 18.0 Å². The van der Waals surface area contributed by atoms with Crippen LogP contribution in [0.2, 0.25) is 0 Å². The Bertz CT molecular complexity index is 1100. The fourth-order valence-electron chi connectivity index (χ4n) is 3.69. The van der Waals surface area contributed by atoms with Crippen LogP contribution in [0.5, 0.6) is 5.75 Å². The Morgan fingerprint density at radius 1 is 1.32 bits per heavy atom. The van der Waals surface area contributed by atoms with E-state index in [2.05, 4.69) is 10.3 Å². The predicted molar refractivity (Wildman–Crippen MR) is 111 cm³/mol. The molecule has 0 bridgehead atoms. The van der Waals surface area contributed by atoms with Gasteiger partial charge >= 0.3 is 0 Å². The standard InChI is InChI=1S/C21H23N3O3S/c1-13-7-8-16(27-2)15(11-13)23-18(25)9-10-24-12-22-20-19(21(24)26)14-5-3-4-6-17(14)28-20/h7-8,11-12H,3-6,9-10H2,1-2H3,(H,23,25). The van der Waals surface area contributed by atoms with Gasteiger partial charge in [-0.3, -0.25) is 14.2 Å². The summed E-state index contributed by atoms with van der Waals surface area (Å²) in [6.45, 7) is 2.25. The highest BCUT2D eigenvalue weighted by molar-refractivity contribution is 7.18. The van der Waals surface area contributed by atoms with E-state index >= 15 is 0 Å². The van der Waals surface area contributed by atoms with Crippen LogP contribution >= 0.6 is 11.3 Å². The minimum atomic E-state index is -0.164. The SMILES string of the molecule is COc1ccc(C)cc1NC(=O)CCn1cnc2sc3c(c2c1=O)CCCC3. The molecule has 0 spiro atoms. The molecule has 6 nitrogen and oxygen atoms in total. The van der Waals surface area contributed by atoms with E-state index in [4.69, 9.17) is 4.74 Å². The number of amides is 1. The van der Waals surface area contributed by atoms with E-state index < -0.39 is 0 Å². The van der Waals surface area contributed by atoms with Gasteiger partial charge in [0, 0.05) is 17.8 Å². The summed E-state index contributed by atoms with van der Waals surface area (Å²) in [4.78, 5) is 32.0. The van der Waals surface area contributed by atoms with Crippen LogP contribution in [0.1, 0.15) is 35.3 Å². The smallest absolute Gasteiger partial charge is 0.262 e. The summed E-state index contributed by atoms with van der Waals surface area (Å²) in [5.74, 6) is 0.451. The van der Waals surface area contributed by atoms with Crippen molar-refractivity contribution < 1.29 is 9.53 Å². The van der Waals surface area contributed by atoms with Crippen molar-refractivity contribution in [3.05, 3.63) is 50.9 Å². The molecular weight excluding hydrogens is 374 g/mol. The third-order valence-electron chi connectivity index (χ3n) is 5.15. The van der Waals surface area contributed by atoms with Crippen LogP contribution in [-0.4, -0.2) is 22.6 Å². The van der Waals surface area contributed by atoms with Gasteiger partial charge in [-0.25, -0.2) is 4.98 Å². The normalized spacial score (nSPS) is 13.4. The van der Waals surface area contributed by atoms with Crippen molar-refractivity contribution in [3.8, 4) is 5.75 Å². The Balaban J connectivity index is 1.51. The van der Waals surface area contributed by atoms with Crippen molar-refractivity contribution in [1.29, 1.82) is 0 Å². The molecule has 1 amide bonds. The van der Waals surface area contributed by atoms with Gasteiger partial charge < -0.3 is 10.1 Å². The summed E-state index contributed by atoms with van der Waals surface area (Å²) in [6, 6.07) is 5.62. The van der Waals surface area contributed by atoms with E-state index in [9.17, 15) is 9.59 Å². The fourth-order valence-corrected chi connectivity index (χ4v) is 4.91. The summed E-state index contributed by atoms with van der Waals surface area (Å²) in [5, 5.41) is 3.63. The number of anilines is 1. The third kappa shape index (κ3) is 3.54. The first-order valence-electron chi connectivity index (χ1n) is 9.51. The summed E-state index contributed by atoms with van der Waals surface area (Å²) in [5.41, 5.74) is 2.81. The molecule has 7 heteroatoms. The van der Waals surface area contributed by atoms with Crippen molar-refractivity contribution in [2.24, 2.45) is 0 Å². The lowest BCUT2D eigenvalue weighted by Gasteiger charge is -2.12. The number of carbonyl (C=O) groups is 1. The molecule has 146 valence electrons. The average molecular weight is 398 g/mol. The molecule has 3 aromatic rings. The molecule has 0 unspecified atom stereocenters. The second kappa shape index (κ2) is 7.75. The van der Waals surface area contributed by atoms with Crippen molar-refractivity contribution in [2.75, 3.05) is 12.4 Å². The molecule has 1 aliphatic rings. The van der Waals surface area contributed by atoms with E-state index in [-0.39, 0.29) is 17.9 Å². The molecule has 1 aromatic carbocycles. The molecule has 0 fully saturated rings. The Kier molecular flexibility index (Phi) is 5.17. The molecule has 1 N–H and O–H groups in total. The topological polar surface area (TPSA) is 73.2 Å². The number of hydrogen-bond donors (Lipinski definition) is 1. The molecule has 0 aliphatic heterocycles. The fraction of sp³-hybridized carbons (Fsp3) is 0.381. The highest BCUT2D eigenvalue weighted by Crippen LogP contribution is 2.33. The van der Waals surface area contributed by atoms with Crippen LogP contribution in [0.15, 0.2) is 29.3 Å². The first kappa shape index (κ1) is 18.7. The first-order chi connectivity index (χ1) is 13.6. The minimum absolute atomic E-state index is 0.0367. The van der Waals surface area contributed by atoms with Gasteiger partial charge in [-0.1, -0.05) is 6.07 Å². The maximum Gasteiger partial charge on any atom is 0.262 e. The zero-order chi connectivity index (χ0) is 19.7. The van der Waals surface area contributed by atoms with Gasteiger partial charge in [0.15, 0.2) is 0 Å². The number of fused-ring (bicyclic) bond motifs is 3. The number of aryl methyl sites for hydroxylation is 4. The second-order valence-electron chi connectivity index (χ2n) is 7.14. The highest BCUT2D eigenvalue weighted by Gasteiger charge is 2.20. The van der Waals surface area contributed by atoms with Crippen LogP contribution in [0, 0.1) is 6.92 Å². The molecule has 1 aliphatic carbocycles. The second-order valence-corrected chi connectivity index (χ2v) is 8.22. The van der Waals surface area contributed by atoms with E-state index in [1.807, 2.05) is 25.1 Å². The molecule has 0 saturated carbocycles. The number of hydrogen-bond acceptors (Lipinski definition) is 5. The zero-order valence-corrected chi connectivity index (χ0v) is 16.9. The number of carbonyl (C=O) groups excluding carboxylic acids is 1. The number of nitrogens with zero attached hydrogens (tertiary/aromatic N) is 2. The van der Waals surface area contributed by atoms with E-state index in [1.165, 1.54) is 16.9 Å². The largest absolute Gasteiger partial charge is 0.495 e. The quantitative estimate of drug-likeness (QED) is 0.713. The molecular formula is C21H23N3O3S. The molecule has 0 radical (unpaired) electrons. The summed E-state index contributed by atoms with van der Waals surface area (Å²) < 4.78 is 6.85. The van der Waals surface area contributed by atoms with Crippen molar-refractivity contribution >= 4 is 33.1 Å². The summed E-state index contributed by atoms with van der Waals surface area (Å²) in [6.07, 6.45) is 6.04. The maximum absolute atomic E-state index is 13.0. The van der Waals surface area contributed by atoms with Gasteiger partial charge in [-0.05, 0) is 55.9 Å². The van der Waals surface area contributed by atoms with Crippen LogP contribution in [-0.2, 0) is 24.2 Å².